The van der Waals surface area contributed by atoms with Crippen LogP contribution in [0.3, 0.4) is 0 Å². The average Bonchev–Trinajstić information content (AvgIpc) is 2.84. The smallest absolute Gasteiger partial charge is 0.291 e. The van der Waals surface area contributed by atoms with Gasteiger partial charge in [0.1, 0.15) is 5.58 Å². The van der Waals surface area contributed by atoms with Gasteiger partial charge in [0.05, 0.1) is 11.9 Å². The van der Waals surface area contributed by atoms with Crippen LogP contribution in [0.1, 0.15) is 10.6 Å². The van der Waals surface area contributed by atoms with E-state index in [4.69, 9.17) is 4.42 Å². The lowest BCUT2D eigenvalue weighted by Crippen LogP contribution is -2.10. The fraction of sp³-hybridized carbons (Fsp3) is 0. The first-order valence-electron chi connectivity index (χ1n) is 5.53. The fourth-order valence-corrected chi connectivity index (χ4v) is 1.72. The molecule has 1 N–H and O–H groups in total. The van der Waals surface area contributed by atoms with E-state index >= 15 is 0 Å². The number of hydrogen-bond acceptors (Lipinski definition) is 3. The van der Waals surface area contributed by atoms with Crippen molar-refractivity contribution in [1.29, 1.82) is 0 Å². The highest BCUT2D eigenvalue weighted by Gasteiger charge is 2.11. The van der Waals surface area contributed by atoms with Crippen molar-refractivity contribution in [1.82, 2.24) is 4.98 Å². The van der Waals surface area contributed by atoms with Crippen molar-refractivity contribution in [2.75, 3.05) is 5.32 Å². The number of nitrogens with one attached hydrogen (secondary N) is 1. The summed E-state index contributed by atoms with van der Waals surface area (Å²) in [6.45, 7) is 0. The number of pyridine rings is 1. The zero-order valence-electron chi connectivity index (χ0n) is 9.46. The third kappa shape index (κ3) is 1.96. The van der Waals surface area contributed by atoms with E-state index in [2.05, 4.69) is 10.3 Å². The van der Waals surface area contributed by atoms with Crippen LogP contribution in [0.2, 0.25) is 0 Å². The molecule has 4 nitrogen and oxygen atoms in total. The monoisotopic (exact) mass is 238 g/mol. The van der Waals surface area contributed by atoms with Crippen LogP contribution in [-0.4, -0.2) is 10.9 Å². The normalized spacial score (nSPS) is 10.4. The van der Waals surface area contributed by atoms with E-state index in [9.17, 15) is 4.79 Å². The summed E-state index contributed by atoms with van der Waals surface area (Å²) in [5, 5.41) is 3.63. The van der Waals surface area contributed by atoms with E-state index in [-0.39, 0.29) is 5.91 Å². The van der Waals surface area contributed by atoms with Gasteiger partial charge >= 0.3 is 0 Å². The molecule has 0 atom stereocenters. The molecule has 2 aromatic heterocycles. The number of rotatable bonds is 2. The molecule has 0 saturated carbocycles. The van der Waals surface area contributed by atoms with Crippen LogP contribution in [0, 0.1) is 0 Å². The van der Waals surface area contributed by atoms with E-state index in [1.165, 1.54) is 0 Å². The minimum absolute atomic E-state index is 0.279. The first-order chi connectivity index (χ1) is 8.83. The minimum atomic E-state index is -0.279. The zero-order chi connectivity index (χ0) is 12.4. The van der Waals surface area contributed by atoms with Crippen molar-refractivity contribution in [2.45, 2.75) is 0 Å². The fourth-order valence-electron chi connectivity index (χ4n) is 1.72. The van der Waals surface area contributed by atoms with Crippen molar-refractivity contribution in [3.63, 3.8) is 0 Å². The molecule has 2 heterocycles. The summed E-state index contributed by atoms with van der Waals surface area (Å²) in [4.78, 5) is 15.9. The molecule has 18 heavy (non-hydrogen) atoms. The molecule has 0 fully saturated rings. The lowest BCUT2D eigenvalue weighted by molar-refractivity contribution is 0.0998. The third-order valence-corrected chi connectivity index (χ3v) is 2.57. The van der Waals surface area contributed by atoms with Crippen LogP contribution in [0.25, 0.3) is 11.0 Å². The van der Waals surface area contributed by atoms with Crippen molar-refractivity contribution < 1.29 is 9.21 Å². The minimum Gasteiger partial charge on any atom is -0.451 e. The Morgan fingerprint density at radius 3 is 2.83 bits per heavy atom. The lowest BCUT2D eigenvalue weighted by atomic mass is 10.2. The molecule has 0 spiro atoms. The second kappa shape index (κ2) is 4.33. The van der Waals surface area contributed by atoms with E-state index < -0.39 is 0 Å². The van der Waals surface area contributed by atoms with Crippen molar-refractivity contribution in [2.24, 2.45) is 0 Å². The van der Waals surface area contributed by atoms with Crippen LogP contribution in [0.15, 0.2) is 59.3 Å². The Labute approximate surface area is 103 Å². The SMILES string of the molecule is O=C(Nc1cccnc1)c1cc2ccccc2o1. The molecule has 0 radical (unpaired) electrons. The molecule has 0 saturated heterocycles. The van der Waals surface area contributed by atoms with Gasteiger partial charge in [-0.15, -0.1) is 0 Å². The molecule has 0 aliphatic carbocycles. The molecule has 0 bridgehead atoms. The number of benzene rings is 1. The molecule has 4 heteroatoms. The number of aromatic nitrogens is 1. The number of anilines is 1. The topological polar surface area (TPSA) is 55.1 Å². The van der Waals surface area contributed by atoms with Crippen LogP contribution in [0.5, 0.6) is 0 Å². The number of carbonyl (C=O) groups excluding carboxylic acids is 1. The molecular weight excluding hydrogens is 228 g/mol. The summed E-state index contributed by atoms with van der Waals surface area (Å²) >= 11 is 0. The van der Waals surface area contributed by atoms with E-state index in [1.807, 2.05) is 24.3 Å². The number of carbonyl (C=O) groups is 1. The van der Waals surface area contributed by atoms with E-state index in [0.29, 0.717) is 17.0 Å². The number of amides is 1. The van der Waals surface area contributed by atoms with Gasteiger partial charge in [-0.05, 0) is 24.3 Å². The van der Waals surface area contributed by atoms with Crippen LogP contribution >= 0.6 is 0 Å². The molecule has 1 aromatic carbocycles. The zero-order valence-corrected chi connectivity index (χ0v) is 9.46. The second-order valence-corrected chi connectivity index (χ2v) is 3.84. The molecule has 0 aliphatic heterocycles. The summed E-state index contributed by atoms with van der Waals surface area (Å²) < 4.78 is 5.47. The van der Waals surface area contributed by atoms with Gasteiger partial charge in [0.25, 0.3) is 5.91 Å². The highest BCUT2D eigenvalue weighted by molar-refractivity contribution is 6.04. The summed E-state index contributed by atoms with van der Waals surface area (Å²) in [5.74, 6) is 0.0132. The molecule has 0 unspecified atom stereocenters. The Kier molecular flexibility index (Phi) is 2.53. The summed E-state index contributed by atoms with van der Waals surface area (Å²) in [7, 11) is 0. The van der Waals surface area contributed by atoms with Gasteiger partial charge in [0.2, 0.25) is 0 Å². The van der Waals surface area contributed by atoms with Gasteiger partial charge in [-0.2, -0.15) is 0 Å². The van der Waals surface area contributed by atoms with Gasteiger partial charge in [0.15, 0.2) is 5.76 Å². The Balaban J connectivity index is 1.88. The predicted molar refractivity (Wildman–Crippen MR) is 68.4 cm³/mol. The Bertz CT molecular complexity index is 656. The number of para-hydroxylation sites is 1. The number of hydrogen-bond donors (Lipinski definition) is 1. The number of furan rings is 1. The third-order valence-electron chi connectivity index (χ3n) is 2.57. The van der Waals surface area contributed by atoms with Crippen LogP contribution in [-0.2, 0) is 0 Å². The van der Waals surface area contributed by atoms with Crippen LogP contribution in [0.4, 0.5) is 5.69 Å². The standard InChI is InChI=1S/C14H10N2O2/c17-14(16-11-5-3-7-15-9-11)13-8-10-4-1-2-6-12(10)18-13/h1-9H,(H,16,17). The van der Waals surface area contributed by atoms with Crippen molar-refractivity contribution in [3.8, 4) is 0 Å². The summed E-state index contributed by atoms with van der Waals surface area (Å²) in [5.41, 5.74) is 1.34. The van der Waals surface area contributed by atoms with E-state index in [1.54, 1.807) is 30.6 Å². The number of nitrogens with zero attached hydrogens (tertiary/aromatic N) is 1. The highest BCUT2D eigenvalue weighted by atomic mass is 16.3. The molecule has 0 aliphatic rings. The molecule has 3 aromatic rings. The Hall–Kier alpha value is -2.62. The summed E-state index contributed by atoms with van der Waals surface area (Å²) in [6, 6.07) is 12.8. The second-order valence-electron chi connectivity index (χ2n) is 3.84. The Morgan fingerprint density at radius 2 is 2.06 bits per heavy atom. The van der Waals surface area contributed by atoms with Gasteiger partial charge in [0, 0.05) is 11.6 Å². The van der Waals surface area contributed by atoms with Gasteiger partial charge in [-0.25, -0.2) is 0 Å². The molecule has 88 valence electrons. The highest BCUT2D eigenvalue weighted by Crippen LogP contribution is 2.19. The molecular formula is C14H10N2O2. The van der Waals surface area contributed by atoms with Crippen molar-refractivity contribution >= 4 is 22.6 Å². The van der Waals surface area contributed by atoms with Crippen molar-refractivity contribution in [3.05, 3.63) is 60.6 Å². The maximum absolute atomic E-state index is 12.0. The lowest BCUT2D eigenvalue weighted by Gasteiger charge is -2.00. The molecule has 1 amide bonds. The predicted octanol–water partition coefficient (Wildman–Crippen LogP) is 3.08. The van der Waals surface area contributed by atoms with Gasteiger partial charge in [-0.3, -0.25) is 9.78 Å². The number of fused-ring (bicyclic) bond motifs is 1. The van der Waals surface area contributed by atoms with Gasteiger partial charge < -0.3 is 9.73 Å². The Morgan fingerprint density at radius 1 is 1.17 bits per heavy atom. The summed E-state index contributed by atoms with van der Waals surface area (Å²) in [6.07, 6.45) is 3.23. The molecule has 3 rings (SSSR count). The average molecular weight is 238 g/mol. The first-order valence-corrected chi connectivity index (χ1v) is 5.53. The van der Waals surface area contributed by atoms with E-state index in [0.717, 1.165) is 5.39 Å². The van der Waals surface area contributed by atoms with Gasteiger partial charge in [-0.1, -0.05) is 18.2 Å². The largest absolute Gasteiger partial charge is 0.451 e. The maximum Gasteiger partial charge on any atom is 0.291 e. The first kappa shape index (κ1) is 10.5. The van der Waals surface area contributed by atoms with Crippen LogP contribution < -0.4 is 5.32 Å². The maximum atomic E-state index is 12.0. The quantitative estimate of drug-likeness (QED) is 0.746.